The van der Waals surface area contributed by atoms with Crippen LogP contribution in [0, 0.1) is 0 Å². The minimum Gasteiger partial charge on any atom is -0.354 e. The molecule has 0 radical (unpaired) electrons. The van der Waals surface area contributed by atoms with Gasteiger partial charge in [-0.2, -0.15) is 8.61 Å². The smallest absolute Gasteiger partial charge is 0.244 e. The Morgan fingerprint density at radius 2 is 1.42 bits per heavy atom. The van der Waals surface area contributed by atoms with Crippen molar-refractivity contribution in [3.05, 3.63) is 59.6 Å². The van der Waals surface area contributed by atoms with Crippen LogP contribution in [0.25, 0.3) is 6.08 Å². The molecular weight excluding hydrogens is 462 g/mol. The van der Waals surface area contributed by atoms with E-state index < -0.39 is 20.0 Å². The summed E-state index contributed by atoms with van der Waals surface area (Å²) < 4.78 is 54.0. The second kappa shape index (κ2) is 9.90. The van der Waals surface area contributed by atoms with E-state index in [1.165, 1.54) is 20.2 Å². The number of aromatic nitrogens is 1. The van der Waals surface area contributed by atoms with Gasteiger partial charge in [0.15, 0.2) is 0 Å². The fourth-order valence-electron chi connectivity index (χ4n) is 3.88. The lowest BCUT2D eigenvalue weighted by molar-refractivity contribution is 0.222. The first-order chi connectivity index (χ1) is 15.8. The summed E-state index contributed by atoms with van der Waals surface area (Å²) in [6.45, 7) is 3.99. The van der Waals surface area contributed by atoms with E-state index >= 15 is 0 Å². The minimum atomic E-state index is -3.56. The highest BCUT2D eigenvalue weighted by Crippen LogP contribution is 2.21. The molecule has 9 nitrogen and oxygen atoms in total. The molecule has 2 fully saturated rings. The zero-order valence-corrected chi connectivity index (χ0v) is 20.2. The van der Waals surface area contributed by atoms with Crippen molar-refractivity contribution >= 4 is 31.9 Å². The molecule has 1 aromatic carbocycles. The number of anilines is 1. The molecule has 0 atom stereocenters. The van der Waals surface area contributed by atoms with Crippen LogP contribution in [-0.2, 0) is 20.0 Å². The van der Waals surface area contributed by atoms with Gasteiger partial charge >= 0.3 is 0 Å². The molecule has 11 heteroatoms. The summed E-state index contributed by atoms with van der Waals surface area (Å²) in [6.07, 6.45) is 3.00. The summed E-state index contributed by atoms with van der Waals surface area (Å²) in [6, 6.07) is 12.6. The molecule has 178 valence electrons. The average molecular weight is 492 g/mol. The first kappa shape index (κ1) is 23.8. The number of piperazine rings is 2. The summed E-state index contributed by atoms with van der Waals surface area (Å²) in [4.78, 5) is 8.63. The molecule has 3 heterocycles. The van der Waals surface area contributed by atoms with Gasteiger partial charge in [0, 0.05) is 64.0 Å². The van der Waals surface area contributed by atoms with Gasteiger partial charge in [-0.25, -0.2) is 21.8 Å². The monoisotopic (exact) mass is 491 g/mol. The lowest BCUT2D eigenvalue weighted by Gasteiger charge is -2.34. The number of hydrogen-bond donors (Lipinski definition) is 0. The Morgan fingerprint density at radius 1 is 0.788 bits per heavy atom. The van der Waals surface area contributed by atoms with Crippen LogP contribution in [0.4, 0.5) is 5.82 Å². The molecule has 0 spiro atoms. The summed E-state index contributed by atoms with van der Waals surface area (Å²) in [7, 11) is -5.09. The quantitative estimate of drug-likeness (QED) is 0.598. The Kier molecular flexibility index (Phi) is 7.15. The van der Waals surface area contributed by atoms with Gasteiger partial charge in [-0.1, -0.05) is 30.3 Å². The van der Waals surface area contributed by atoms with E-state index in [0.717, 1.165) is 5.56 Å². The minimum absolute atomic E-state index is 0.183. The summed E-state index contributed by atoms with van der Waals surface area (Å²) >= 11 is 0. The van der Waals surface area contributed by atoms with Crippen molar-refractivity contribution in [2.24, 2.45) is 0 Å². The first-order valence-corrected chi connectivity index (χ1v) is 13.8. The Balaban J connectivity index is 1.36. The van der Waals surface area contributed by atoms with E-state index in [0.29, 0.717) is 58.2 Å². The third kappa shape index (κ3) is 5.61. The number of hydrogen-bond acceptors (Lipinski definition) is 7. The van der Waals surface area contributed by atoms with E-state index in [9.17, 15) is 16.8 Å². The Labute approximate surface area is 196 Å². The number of likely N-dealkylation sites (N-methyl/N-ethyl adjacent to an activating group) is 1. The SMILES string of the molecule is CN1CCN(S(=O)(=O)c2ccc(N3CCN(S(=O)(=O)C=Cc4ccccc4)CC3)nc2)CC1. The fourth-order valence-corrected chi connectivity index (χ4v) is 6.42. The van der Waals surface area contributed by atoms with Crippen molar-refractivity contribution in [1.82, 2.24) is 18.5 Å². The molecule has 33 heavy (non-hydrogen) atoms. The summed E-state index contributed by atoms with van der Waals surface area (Å²) in [5.74, 6) is 0.643. The predicted octanol–water partition coefficient (Wildman–Crippen LogP) is 1.14. The number of rotatable bonds is 6. The zero-order valence-electron chi connectivity index (χ0n) is 18.6. The van der Waals surface area contributed by atoms with Crippen LogP contribution in [0.2, 0.25) is 0 Å². The van der Waals surface area contributed by atoms with Gasteiger partial charge in [-0.05, 0) is 30.8 Å². The van der Waals surface area contributed by atoms with Crippen molar-refractivity contribution in [2.45, 2.75) is 4.90 Å². The topological polar surface area (TPSA) is 94.1 Å². The molecule has 2 aliphatic rings. The van der Waals surface area contributed by atoms with Crippen LogP contribution >= 0.6 is 0 Å². The molecule has 1 aromatic heterocycles. The van der Waals surface area contributed by atoms with E-state index in [4.69, 9.17) is 0 Å². The van der Waals surface area contributed by atoms with Gasteiger partial charge in [0.25, 0.3) is 0 Å². The van der Waals surface area contributed by atoms with Crippen LogP contribution in [0.5, 0.6) is 0 Å². The Bertz CT molecular complexity index is 1170. The summed E-state index contributed by atoms with van der Waals surface area (Å²) in [5.41, 5.74) is 0.829. The largest absolute Gasteiger partial charge is 0.354 e. The second-order valence-corrected chi connectivity index (χ2v) is 12.0. The molecule has 0 unspecified atom stereocenters. The highest BCUT2D eigenvalue weighted by molar-refractivity contribution is 7.92. The standard InChI is InChI=1S/C22H29N5O4S2/c1-24-10-14-27(15-11-24)33(30,31)21-7-8-22(23-19-21)25-12-16-26(17-13-25)32(28,29)18-9-20-5-3-2-4-6-20/h2-9,18-19H,10-17H2,1H3. The van der Waals surface area contributed by atoms with E-state index in [-0.39, 0.29) is 4.90 Å². The van der Waals surface area contributed by atoms with Gasteiger partial charge in [0.05, 0.1) is 0 Å². The van der Waals surface area contributed by atoms with Crippen LogP contribution in [0.15, 0.2) is 59.0 Å². The summed E-state index contributed by atoms with van der Waals surface area (Å²) in [5, 5.41) is 1.24. The van der Waals surface area contributed by atoms with Crippen molar-refractivity contribution in [3.63, 3.8) is 0 Å². The highest BCUT2D eigenvalue weighted by atomic mass is 32.2. The van der Waals surface area contributed by atoms with Gasteiger partial charge in [-0.15, -0.1) is 0 Å². The van der Waals surface area contributed by atoms with Gasteiger partial charge in [-0.3, -0.25) is 0 Å². The zero-order chi connectivity index (χ0) is 23.5. The van der Waals surface area contributed by atoms with Crippen molar-refractivity contribution in [2.75, 3.05) is 64.3 Å². The number of sulfonamides is 2. The fraction of sp³-hybridized carbons (Fsp3) is 0.409. The molecule has 0 N–H and O–H groups in total. The first-order valence-electron chi connectivity index (χ1n) is 10.9. The van der Waals surface area contributed by atoms with Crippen molar-refractivity contribution in [3.8, 4) is 0 Å². The Morgan fingerprint density at radius 3 is 2.03 bits per heavy atom. The van der Waals surface area contributed by atoms with Gasteiger partial charge in [0.1, 0.15) is 10.7 Å². The molecule has 2 saturated heterocycles. The molecular formula is C22H29N5O4S2. The Hall–Kier alpha value is -2.31. The van der Waals surface area contributed by atoms with E-state index in [1.807, 2.05) is 42.3 Å². The molecule has 4 rings (SSSR count). The lowest BCUT2D eigenvalue weighted by Crippen LogP contribution is -2.48. The molecule has 2 aliphatic heterocycles. The molecule has 0 bridgehead atoms. The maximum Gasteiger partial charge on any atom is 0.244 e. The predicted molar refractivity (Wildman–Crippen MR) is 129 cm³/mol. The van der Waals surface area contributed by atoms with Gasteiger partial charge < -0.3 is 9.80 Å². The lowest BCUT2D eigenvalue weighted by atomic mass is 10.2. The highest BCUT2D eigenvalue weighted by Gasteiger charge is 2.29. The molecule has 0 aliphatic carbocycles. The maximum atomic E-state index is 12.9. The van der Waals surface area contributed by atoms with Crippen LogP contribution in [0.1, 0.15) is 5.56 Å². The van der Waals surface area contributed by atoms with Crippen molar-refractivity contribution in [1.29, 1.82) is 0 Å². The van der Waals surface area contributed by atoms with Crippen LogP contribution in [-0.4, -0.2) is 94.7 Å². The molecule has 2 aromatic rings. The number of pyridine rings is 1. The van der Waals surface area contributed by atoms with Crippen LogP contribution < -0.4 is 4.90 Å². The molecule has 0 saturated carbocycles. The van der Waals surface area contributed by atoms with E-state index in [1.54, 1.807) is 18.2 Å². The normalized spacial score (nSPS) is 19.8. The maximum absolute atomic E-state index is 12.9. The average Bonchev–Trinajstić information content (AvgIpc) is 2.84. The van der Waals surface area contributed by atoms with Crippen LogP contribution in [0.3, 0.4) is 0 Å². The van der Waals surface area contributed by atoms with E-state index in [2.05, 4.69) is 9.88 Å². The van der Waals surface area contributed by atoms with Gasteiger partial charge in [0.2, 0.25) is 20.0 Å². The van der Waals surface area contributed by atoms with Crippen molar-refractivity contribution < 1.29 is 16.8 Å². The third-order valence-electron chi connectivity index (χ3n) is 5.98. The third-order valence-corrected chi connectivity index (χ3v) is 9.42. The number of nitrogens with zero attached hydrogens (tertiary/aromatic N) is 5. The molecule has 0 amide bonds. The number of benzene rings is 1. The second-order valence-electron chi connectivity index (χ2n) is 8.20.